The number of unbranched alkanes of at least 4 members (excludes halogenated alkanes) is 2. The molecule has 0 heterocycles. The summed E-state index contributed by atoms with van der Waals surface area (Å²) in [6.07, 6.45) is 2.72. The van der Waals surface area contributed by atoms with E-state index in [-0.39, 0.29) is 22.3 Å². The van der Waals surface area contributed by atoms with Crippen molar-refractivity contribution in [2.45, 2.75) is 32.6 Å². The highest BCUT2D eigenvalue weighted by molar-refractivity contribution is 6.01. The minimum absolute atomic E-state index is 0.184. The lowest BCUT2D eigenvalue weighted by Crippen LogP contribution is -2.13. The summed E-state index contributed by atoms with van der Waals surface area (Å²) in [7, 11) is 0. The first-order valence-corrected chi connectivity index (χ1v) is 6.25. The van der Waals surface area contributed by atoms with Crippen LogP contribution in [0, 0.1) is 0 Å². The van der Waals surface area contributed by atoms with Crippen molar-refractivity contribution in [3.05, 3.63) is 34.4 Å². The number of carbonyl (C=O) groups is 3. The third-order valence-corrected chi connectivity index (χ3v) is 2.99. The van der Waals surface area contributed by atoms with Gasteiger partial charge in [-0.2, -0.15) is 0 Å². The van der Waals surface area contributed by atoms with Gasteiger partial charge in [-0.05, 0) is 30.5 Å². The first kappa shape index (κ1) is 15.7. The summed E-state index contributed by atoms with van der Waals surface area (Å²) in [5.41, 5.74) is -0.653. The zero-order valence-electron chi connectivity index (χ0n) is 11.0. The number of aromatic carboxylic acids is 3. The summed E-state index contributed by atoms with van der Waals surface area (Å²) < 4.78 is 0. The highest BCUT2D eigenvalue weighted by atomic mass is 16.4. The fourth-order valence-corrected chi connectivity index (χ4v) is 2.00. The molecule has 0 radical (unpaired) electrons. The van der Waals surface area contributed by atoms with Crippen LogP contribution >= 0.6 is 0 Å². The van der Waals surface area contributed by atoms with Crippen LogP contribution in [0.3, 0.4) is 0 Å². The molecule has 0 fully saturated rings. The lowest BCUT2D eigenvalue weighted by molar-refractivity contribution is 0.0694. The van der Waals surface area contributed by atoms with E-state index < -0.39 is 17.9 Å². The predicted molar refractivity (Wildman–Crippen MR) is 70.5 cm³/mol. The van der Waals surface area contributed by atoms with Crippen molar-refractivity contribution in [3.8, 4) is 0 Å². The van der Waals surface area contributed by atoms with Gasteiger partial charge < -0.3 is 15.3 Å². The minimum atomic E-state index is -1.35. The molecule has 0 saturated carbocycles. The van der Waals surface area contributed by atoms with Crippen molar-refractivity contribution >= 4 is 17.9 Å². The summed E-state index contributed by atoms with van der Waals surface area (Å²) in [4.78, 5) is 33.4. The van der Waals surface area contributed by atoms with E-state index in [1.165, 1.54) is 0 Å². The van der Waals surface area contributed by atoms with Gasteiger partial charge in [0.25, 0.3) is 0 Å². The Hall–Kier alpha value is -2.37. The van der Waals surface area contributed by atoms with Gasteiger partial charge in [-0.3, -0.25) is 0 Å². The van der Waals surface area contributed by atoms with Gasteiger partial charge in [0.15, 0.2) is 0 Å². The Kier molecular flexibility index (Phi) is 5.25. The van der Waals surface area contributed by atoms with Crippen molar-refractivity contribution in [3.63, 3.8) is 0 Å². The van der Waals surface area contributed by atoms with E-state index in [0.717, 1.165) is 25.0 Å². The Morgan fingerprint density at radius 2 is 1.40 bits per heavy atom. The molecule has 0 aliphatic carbocycles. The molecule has 20 heavy (non-hydrogen) atoms. The summed E-state index contributed by atoms with van der Waals surface area (Å²) in [5, 5.41) is 27.2. The second-order valence-electron chi connectivity index (χ2n) is 4.42. The fourth-order valence-electron chi connectivity index (χ4n) is 2.00. The maximum Gasteiger partial charge on any atom is 0.336 e. The topological polar surface area (TPSA) is 112 Å². The lowest BCUT2D eigenvalue weighted by Gasteiger charge is -2.11. The maximum absolute atomic E-state index is 11.2. The van der Waals surface area contributed by atoms with E-state index in [1.54, 1.807) is 0 Å². The minimum Gasteiger partial charge on any atom is -0.478 e. The smallest absolute Gasteiger partial charge is 0.336 e. The average Bonchev–Trinajstić information content (AvgIpc) is 2.37. The Labute approximate surface area is 115 Å². The standard InChI is InChI=1S/C14H16O6/c1-2-3-4-5-9-10(13(17)18)6-8(12(15)16)7-11(9)14(19)20/h6-7H,2-5H2,1H3,(H,15,16)(H,17,18)(H,19,20). The van der Waals surface area contributed by atoms with Crippen molar-refractivity contribution in [1.29, 1.82) is 0 Å². The Balaban J connectivity index is 3.39. The Bertz CT molecular complexity index is 512. The van der Waals surface area contributed by atoms with E-state index >= 15 is 0 Å². The van der Waals surface area contributed by atoms with E-state index in [1.807, 2.05) is 6.92 Å². The molecule has 0 aliphatic heterocycles. The van der Waals surface area contributed by atoms with E-state index in [0.29, 0.717) is 12.8 Å². The zero-order valence-corrected chi connectivity index (χ0v) is 11.0. The summed E-state index contributed by atoms with van der Waals surface area (Å²) in [6, 6.07) is 2.02. The van der Waals surface area contributed by atoms with Gasteiger partial charge in [0.1, 0.15) is 0 Å². The number of benzene rings is 1. The Morgan fingerprint density at radius 1 is 0.900 bits per heavy atom. The van der Waals surface area contributed by atoms with Gasteiger partial charge >= 0.3 is 17.9 Å². The fraction of sp³-hybridized carbons (Fsp3) is 0.357. The molecule has 0 spiro atoms. The average molecular weight is 280 g/mol. The lowest BCUT2D eigenvalue weighted by atomic mass is 9.93. The van der Waals surface area contributed by atoms with Crippen LogP contribution in [0.1, 0.15) is 62.8 Å². The largest absolute Gasteiger partial charge is 0.478 e. The van der Waals surface area contributed by atoms with Crippen LogP contribution < -0.4 is 0 Å². The maximum atomic E-state index is 11.2. The van der Waals surface area contributed by atoms with Gasteiger partial charge in [-0.15, -0.1) is 0 Å². The second-order valence-corrected chi connectivity index (χ2v) is 4.42. The van der Waals surface area contributed by atoms with Crippen LogP contribution in [0.5, 0.6) is 0 Å². The van der Waals surface area contributed by atoms with Crippen LogP contribution in [-0.4, -0.2) is 33.2 Å². The first-order valence-electron chi connectivity index (χ1n) is 6.25. The van der Waals surface area contributed by atoms with Gasteiger partial charge in [0.05, 0.1) is 16.7 Å². The number of hydrogen-bond acceptors (Lipinski definition) is 3. The van der Waals surface area contributed by atoms with Crippen LogP contribution in [0.2, 0.25) is 0 Å². The molecule has 0 saturated heterocycles. The van der Waals surface area contributed by atoms with Crippen molar-refractivity contribution < 1.29 is 29.7 Å². The molecule has 1 rings (SSSR count). The van der Waals surface area contributed by atoms with Gasteiger partial charge in [0, 0.05) is 0 Å². The van der Waals surface area contributed by atoms with Crippen molar-refractivity contribution in [2.75, 3.05) is 0 Å². The third kappa shape index (κ3) is 3.57. The third-order valence-electron chi connectivity index (χ3n) is 2.99. The summed E-state index contributed by atoms with van der Waals surface area (Å²) in [6.45, 7) is 1.98. The Morgan fingerprint density at radius 3 is 1.75 bits per heavy atom. The SMILES string of the molecule is CCCCCc1c(C(=O)O)cc(C(=O)O)cc1C(=O)O. The van der Waals surface area contributed by atoms with Crippen LogP contribution in [0.4, 0.5) is 0 Å². The normalized spacial score (nSPS) is 10.2. The van der Waals surface area contributed by atoms with Crippen LogP contribution in [0.25, 0.3) is 0 Å². The first-order chi connectivity index (χ1) is 9.38. The molecule has 108 valence electrons. The van der Waals surface area contributed by atoms with Crippen molar-refractivity contribution in [1.82, 2.24) is 0 Å². The van der Waals surface area contributed by atoms with E-state index in [4.69, 9.17) is 15.3 Å². The van der Waals surface area contributed by atoms with E-state index in [9.17, 15) is 14.4 Å². The molecule has 0 unspecified atom stereocenters. The van der Waals surface area contributed by atoms with Crippen LogP contribution in [0.15, 0.2) is 12.1 Å². The molecule has 6 heteroatoms. The molecule has 0 aliphatic rings. The second kappa shape index (κ2) is 6.70. The molecule has 0 atom stereocenters. The molecule has 0 aromatic heterocycles. The highest BCUT2D eigenvalue weighted by Crippen LogP contribution is 2.21. The zero-order chi connectivity index (χ0) is 15.3. The molecular formula is C14H16O6. The molecule has 6 nitrogen and oxygen atoms in total. The van der Waals surface area contributed by atoms with Gasteiger partial charge in [0.2, 0.25) is 0 Å². The van der Waals surface area contributed by atoms with Gasteiger partial charge in [-0.1, -0.05) is 19.8 Å². The van der Waals surface area contributed by atoms with Crippen molar-refractivity contribution in [2.24, 2.45) is 0 Å². The monoisotopic (exact) mass is 280 g/mol. The number of carboxylic acids is 3. The molecule has 0 bridgehead atoms. The number of hydrogen-bond donors (Lipinski definition) is 3. The predicted octanol–water partition coefficient (Wildman–Crippen LogP) is 2.51. The molecule has 1 aromatic carbocycles. The number of carboxylic acid groups (broad SMARTS) is 3. The molecule has 3 N–H and O–H groups in total. The van der Waals surface area contributed by atoms with Gasteiger partial charge in [-0.25, -0.2) is 14.4 Å². The molecular weight excluding hydrogens is 264 g/mol. The summed E-state index contributed by atoms with van der Waals surface area (Å²) in [5.74, 6) is -3.99. The molecule has 0 amide bonds. The molecule has 1 aromatic rings. The van der Waals surface area contributed by atoms with Crippen LogP contribution in [-0.2, 0) is 6.42 Å². The summed E-state index contributed by atoms with van der Waals surface area (Å²) >= 11 is 0. The quantitative estimate of drug-likeness (QED) is 0.661. The van der Waals surface area contributed by atoms with E-state index in [2.05, 4.69) is 0 Å². The highest BCUT2D eigenvalue weighted by Gasteiger charge is 2.21. The number of rotatable bonds is 7.